The summed E-state index contributed by atoms with van der Waals surface area (Å²) in [4.78, 5) is 7.63. The number of para-hydroxylation sites is 3. The SMILES string of the molecule is c1ccc(-c2cccc3c2[nH]c2ccccc23)c(-c2ccc3c([nH]c4ccccc43)c2-c2cccc3[se]c4ccccc4c23)c1. The first-order valence-corrected chi connectivity index (χ1v) is 17.1. The summed E-state index contributed by atoms with van der Waals surface area (Å²) in [6.45, 7) is 0. The maximum atomic E-state index is 3.88. The number of H-pyrrole nitrogens is 2. The quantitative estimate of drug-likeness (QED) is 0.181. The second kappa shape index (κ2) is 9.58. The van der Waals surface area contributed by atoms with E-state index in [1.807, 2.05) is 0 Å². The molecule has 3 heterocycles. The van der Waals surface area contributed by atoms with Crippen LogP contribution in [-0.2, 0) is 0 Å². The number of aromatic amines is 2. The fourth-order valence-corrected chi connectivity index (χ4v) is 9.83. The number of hydrogen-bond acceptors (Lipinski definition) is 0. The molecule has 2 N–H and O–H groups in total. The Bertz CT molecular complexity index is 2770. The predicted octanol–water partition coefficient (Wildman–Crippen LogP) is 11.3. The summed E-state index contributed by atoms with van der Waals surface area (Å²) in [5.74, 6) is 0. The molecule has 0 aliphatic carbocycles. The van der Waals surface area contributed by atoms with Crippen LogP contribution >= 0.6 is 0 Å². The van der Waals surface area contributed by atoms with Gasteiger partial charge in [-0.25, -0.2) is 0 Å². The summed E-state index contributed by atoms with van der Waals surface area (Å²) in [7, 11) is 0. The number of nitrogens with one attached hydrogen (secondary N) is 2. The molecule has 0 bridgehead atoms. The molecule has 0 spiro atoms. The standard InChI is InChI=1S/C42H26N2Se/c1-2-12-26(30-16-9-17-31-27-13-3-6-19-35(27)43-41(30)31)25(11-1)29-23-24-32-28-14-4-7-20-36(28)44-42(32)40(29)34-18-10-22-38-39(34)33-15-5-8-21-37(33)45-38/h1-24,43-44H. The fraction of sp³-hybridized carbons (Fsp3) is 0. The van der Waals surface area contributed by atoms with Crippen LogP contribution in [0.5, 0.6) is 0 Å². The Balaban J connectivity index is 1.34. The second-order valence-corrected chi connectivity index (χ2v) is 14.1. The normalized spacial score (nSPS) is 12.0. The van der Waals surface area contributed by atoms with Crippen LogP contribution in [0.1, 0.15) is 0 Å². The Hall–Kier alpha value is -5.34. The molecule has 0 aliphatic heterocycles. The van der Waals surface area contributed by atoms with E-state index in [1.54, 1.807) is 0 Å². The van der Waals surface area contributed by atoms with Crippen LogP contribution in [-0.4, -0.2) is 24.5 Å². The van der Waals surface area contributed by atoms with Gasteiger partial charge in [-0.1, -0.05) is 12.1 Å². The van der Waals surface area contributed by atoms with Gasteiger partial charge in [0.15, 0.2) is 0 Å². The van der Waals surface area contributed by atoms with E-state index in [2.05, 4.69) is 156 Å². The number of aromatic nitrogens is 2. The predicted molar refractivity (Wildman–Crippen MR) is 193 cm³/mol. The van der Waals surface area contributed by atoms with Crippen LogP contribution in [0, 0.1) is 0 Å². The molecule has 0 fully saturated rings. The van der Waals surface area contributed by atoms with Crippen molar-refractivity contribution >= 4 is 77.4 Å². The number of rotatable bonds is 3. The number of hydrogen-bond donors (Lipinski definition) is 2. The van der Waals surface area contributed by atoms with Crippen molar-refractivity contribution in [2.24, 2.45) is 0 Å². The molecule has 45 heavy (non-hydrogen) atoms. The van der Waals surface area contributed by atoms with Crippen molar-refractivity contribution in [3.63, 3.8) is 0 Å². The monoisotopic (exact) mass is 638 g/mol. The van der Waals surface area contributed by atoms with Crippen LogP contribution in [0.3, 0.4) is 0 Å². The zero-order chi connectivity index (χ0) is 29.5. The molecule has 0 saturated heterocycles. The van der Waals surface area contributed by atoms with Gasteiger partial charge in [0.25, 0.3) is 0 Å². The molecule has 0 amide bonds. The Labute approximate surface area is 265 Å². The van der Waals surface area contributed by atoms with Crippen molar-refractivity contribution in [3.05, 3.63) is 146 Å². The van der Waals surface area contributed by atoms with Gasteiger partial charge in [-0.15, -0.1) is 0 Å². The molecular formula is C42H26N2Se. The van der Waals surface area contributed by atoms with Gasteiger partial charge >= 0.3 is 254 Å². The van der Waals surface area contributed by atoms with Gasteiger partial charge in [0.1, 0.15) is 0 Å². The van der Waals surface area contributed by atoms with Gasteiger partial charge < -0.3 is 0 Å². The molecule has 0 radical (unpaired) electrons. The maximum absolute atomic E-state index is 3.88. The van der Waals surface area contributed by atoms with Crippen LogP contribution in [0.4, 0.5) is 0 Å². The average Bonchev–Trinajstić information content (AvgIpc) is 3.79. The summed E-state index contributed by atoms with van der Waals surface area (Å²) < 4.78 is 2.92. The van der Waals surface area contributed by atoms with Crippen molar-refractivity contribution in [2.45, 2.75) is 0 Å². The number of fused-ring (bicyclic) bond motifs is 9. The van der Waals surface area contributed by atoms with Crippen LogP contribution in [0.15, 0.2) is 146 Å². The van der Waals surface area contributed by atoms with Gasteiger partial charge in [0, 0.05) is 0 Å². The number of benzene rings is 7. The molecule has 0 saturated carbocycles. The summed E-state index contributed by atoms with van der Waals surface area (Å²) in [6, 6.07) is 53.4. The molecule has 3 heteroatoms. The topological polar surface area (TPSA) is 31.6 Å². The molecule has 0 unspecified atom stereocenters. The minimum atomic E-state index is 0.291. The third-order valence-corrected chi connectivity index (χ3v) is 11.8. The molecule has 210 valence electrons. The van der Waals surface area contributed by atoms with E-state index in [4.69, 9.17) is 0 Å². The summed E-state index contributed by atoms with van der Waals surface area (Å²) >= 11 is 0.291. The first-order valence-electron chi connectivity index (χ1n) is 15.4. The molecule has 2 nitrogen and oxygen atoms in total. The van der Waals surface area contributed by atoms with Gasteiger partial charge in [0.2, 0.25) is 0 Å². The Morgan fingerprint density at radius 1 is 0.333 bits per heavy atom. The van der Waals surface area contributed by atoms with Crippen molar-refractivity contribution in [2.75, 3.05) is 0 Å². The van der Waals surface area contributed by atoms with E-state index in [0.717, 1.165) is 5.52 Å². The summed E-state index contributed by atoms with van der Waals surface area (Å²) in [5, 5.41) is 7.79. The van der Waals surface area contributed by atoms with E-state index in [9.17, 15) is 0 Å². The first-order chi connectivity index (χ1) is 22.3. The molecule has 10 aromatic rings. The first kappa shape index (κ1) is 25.0. The molecule has 0 aliphatic rings. The van der Waals surface area contributed by atoms with Crippen LogP contribution < -0.4 is 0 Å². The fourth-order valence-electron chi connectivity index (χ4n) is 7.46. The van der Waals surface area contributed by atoms with Crippen LogP contribution in [0.25, 0.3) is 96.3 Å². The van der Waals surface area contributed by atoms with E-state index in [0.29, 0.717) is 14.5 Å². The van der Waals surface area contributed by atoms with E-state index < -0.39 is 0 Å². The molecule has 0 atom stereocenters. The average molecular weight is 638 g/mol. The third-order valence-electron chi connectivity index (χ3n) is 9.40. The van der Waals surface area contributed by atoms with Crippen molar-refractivity contribution < 1.29 is 0 Å². The zero-order valence-corrected chi connectivity index (χ0v) is 26.0. The van der Waals surface area contributed by atoms with Gasteiger partial charge in [0.05, 0.1) is 0 Å². The zero-order valence-electron chi connectivity index (χ0n) is 24.3. The second-order valence-electron chi connectivity index (χ2n) is 11.8. The van der Waals surface area contributed by atoms with Crippen LogP contribution in [0.2, 0.25) is 0 Å². The summed E-state index contributed by atoms with van der Waals surface area (Å²) in [6.07, 6.45) is 0. The third kappa shape index (κ3) is 3.63. The molecule has 7 aromatic carbocycles. The molecule has 10 rings (SSSR count). The van der Waals surface area contributed by atoms with E-state index in [1.165, 1.54) is 90.8 Å². The van der Waals surface area contributed by atoms with Gasteiger partial charge in [-0.2, -0.15) is 0 Å². The van der Waals surface area contributed by atoms with Gasteiger partial charge in [-0.05, 0) is 0 Å². The Kier molecular flexibility index (Phi) is 5.33. The van der Waals surface area contributed by atoms with E-state index in [-0.39, 0.29) is 0 Å². The van der Waals surface area contributed by atoms with Crippen molar-refractivity contribution in [3.8, 4) is 33.4 Å². The molecular weight excluding hydrogens is 611 g/mol. The molecule has 3 aromatic heterocycles. The van der Waals surface area contributed by atoms with Crippen molar-refractivity contribution in [1.82, 2.24) is 9.97 Å². The summed E-state index contributed by atoms with van der Waals surface area (Å²) in [5.41, 5.74) is 12.2. The Morgan fingerprint density at radius 3 is 1.67 bits per heavy atom. The van der Waals surface area contributed by atoms with Gasteiger partial charge in [-0.3, -0.25) is 0 Å². The van der Waals surface area contributed by atoms with E-state index >= 15 is 0 Å². The Morgan fingerprint density at radius 2 is 0.867 bits per heavy atom. The minimum absolute atomic E-state index is 0.291. The van der Waals surface area contributed by atoms with Crippen molar-refractivity contribution in [1.29, 1.82) is 0 Å².